The van der Waals surface area contributed by atoms with E-state index in [4.69, 9.17) is 17.3 Å². The van der Waals surface area contributed by atoms with Crippen LogP contribution in [0.1, 0.15) is 16.8 Å². The molecule has 0 saturated heterocycles. The molecule has 4 nitrogen and oxygen atoms in total. The van der Waals surface area contributed by atoms with Crippen LogP contribution in [0, 0.1) is 0 Å². The first-order valence-electron chi connectivity index (χ1n) is 4.51. The van der Waals surface area contributed by atoms with Gasteiger partial charge in [-0.25, -0.2) is 4.79 Å². The second-order valence-electron chi connectivity index (χ2n) is 3.08. The Labute approximate surface area is 98.2 Å². The van der Waals surface area contributed by atoms with Crippen molar-refractivity contribution in [3.63, 3.8) is 0 Å². The van der Waals surface area contributed by atoms with E-state index in [1.165, 1.54) is 12.1 Å². The average molecular weight is 237 g/mol. The van der Waals surface area contributed by atoms with Gasteiger partial charge in [-0.05, 0) is 12.1 Å². The number of rotatable bonds is 4. The van der Waals surface area contributed by atoms with Gasteiger partial charge in [-0.2, -0.15) is 0 Å². The molecule has 0 fully saturated rings. The van der Waals surface area contributed by atoms with Gasteiger partial charge in [0.1, 0.15) is 11.3 Å². The molecule has 0 unspecified atom stereocenters. The number of hydrogen-bond donors (Lipinski definition) is 3. The van der Waals surface area contributed by atoms with Gasteiger partial charge in [-0.15, -0.1) is 6.58 Å². The van der Waals surface area contributed by atoms with Crippen molar-refractivity contribution in [2.75, 3.05) is 5.32 Å². The average Bonchev–Trinajstić information content (AvgIpc) is 2.17. The molecule has 0 saturated carbocycles. The molecular formula is C11H11NO3S. The zero-order chi connectivity index (χ0) is 12.1. The molecule has 0 atom stereocenters. The van der Waals surface area contributed by atoms with E-state index in [0.29, 0.717) is 17.1 Å². The molecule has 3 N–H and O–H groups in total. The minimum absolute atomic E-state index is 0.139. The fraction of sp³-hybridized carbons (Fsp3) is 0.0909. The molecule has 0 aliphatic heterocycles. The van der Waals surface area contributed by atoms with Crippen LogP contribution in [0.4, 0.5) is 5.69 Å². The number of benzene rings is 1. The van der Waals surface area contributed by atoms with Crippen LogP contribution < -0.4 is 5.32 Å². The summed E-state index contributed by atoms with van der Waals surface area (Å²) in [7, 11) is 0. The summed E-state index contributed by atoms with van der Waals surface area (Å²) in [6.45, 7) is 3.54. The Kier molecular flexibility index (Phi) is 4.02. The first-order chi connectivity index (χ1) is 7.54. The summed E-state index contributed by atoms with van der Waals surface area (Å²) in [5, 5.41) is 21.0. The standard InChI is InChI=1S/C11H11NO3S/c1-2-3-10(16)12-7-4-5-8(11(14)15)9(13)6-7/h2,4-6,13H,1,3H2,(H,12,16)(H,14,15). The Balaban J connectivity index is 2.85. The fourth-order valence-corrected chi connectivity index (χ4v) is 1.37. The monoisotopic (exact) mass is 237 g/mol. The molecule has 0 aliphatic rings. The van der Waals surface area contributed by atoms with Crippen molar-refractivity contribution in [1.29, 1.82) is 0 Å². The fourth-order valence-electron chi connectivity index (χ4n) is 1.13. The normalized spacial score (nSPS) is 9.50. The number of aromatic carboxylic acids is 1. The lowest BCUT2D eigenvalue weighted by molar-refractivity contribution is 0.0694. The van der Waals surface area contributed by atoms with Crippen LogP contribution in [-0.2, 0) is 0 Å². The minimum Gasteiger partial charge on any atom is -0.507 e. The Hall–Kier alpha value is -1.88. The van der Waals surface area contributed by atoms with Gasteiger partial charge >= 0.3 is 5.97 Å². The number of thiocarbonyl (C=S) groups is 1. The molecule has 0 aromatic heterocycles. The quantitative estimate of drug-likeness (QED) is 0.554. The zero-order valence-corrected chi connectivity index (χ0v) is 9.25. The molecule has 5 heteroatoms. The molecule has 16 heavy (non-hydrogen) atoms. The lowest BCUT2D eigenvalue weighted by Crippen LogP contribution is -2.07. The first kappa shape index (κ1) is 12.2. The molecule has 0 amide bonds. The summed E-state index contributed by atoms with van der Waals surface area (Å²) in [6, 6.07) is 4.17. The largest absolute Gasteiger partial charge is 0.507 e. The van der Waals surface area contributed by atoms with Crippen molar-refractivity contribution in [2.24, 2.45) is 0 Å². The van der Waals surface area contributed by atoms with E-state index in [-0.39, 0.29) is 11.3 Å². The van der Waals surface area contributed by atoms with Crippen molar-refractivity contribution in [3.8, 4) is 5.75 Å². The van der Waals surface area contributed by atoms with E-state index in [2.05, 4.69) is 11.9 Å². The first-order valence-corrected chi connectivity index (χ1v) is 4.92. The summed E-state index contributed by atoms with van der Waals surface area (Å²) >= 11 is 4.98. The third kappa shape index (κ3) is 3.06. The Morgan fingerprint density at radius 1 is 1.56 bits per heavy atom. The highest BCUT2D eigenvalue weighted by atomic mass is 32.1. The SMILES string of the molecule is C=CCC(=S)Nc1ccc(C(=O)O)c(O)c1. The second kappa shape index (κ2) is 5.27. The molecule has 1 rings (SSSR count). The van der Waals surface area contributed by atoms with E-state index in [9.17, 15) is 9.90 Å². The predicted molar refractivity (Wildman–Crippen MR) is 66.1 cm³/mol. The number of nitrogens with one attached hydrogen (secondary N) is 1. The number of carboxylic acids is 1. The Morgan fingerprint density at radius 3 is 2.75 bits per heavy atom. The number of hydrogen-bond acceptors (Lipinski definition) is 3. The molecule has 1 aromatic carbocycles. The van der Waals surface area contributed by atoms with Crippen molar-refractivity contribution in [1.82, 2.24) is 0 Å². The van der Waals surface area contributed by atoms with Crippen LogP contribution in [0.2, 0.25) is 0 Å². The van der Waals surface area contributed by atoms with Gasteiger partial charge in [-0.1, -0.05) is 18.3 Å². The van der Waals surface area contributed by atoms with Crippen molar-refractivity contribution in [3.05, 3.63) is 36.4 Å². The summed E-state index contributed by atoms with van der Waals surface area (Å²) < 4.78 is 0. The van der Waals surface area contributed by atoms with Gasteiger partial charge in [0, 0.05) is 18.2 Å². The lowest BCUT2D eigenvalue weighted by Gasteiger charge is -2.07. The number of phenols is 1. The van der Waals surface area contributed by atoms with Gasteiger partial charge in [0.2, 0.25) is 0 Å². The number of aromatic hydroxyl groups is 1. The number of carbonyl (C=O) groups is 1. The third-order valence-corrected chi connectivity index (χ3v) is 2.11. The maximum atomic E-state index is 10.6. The van der Waals surface area contributed by atoms with Crippen LogP contribution in [0.3, 0.4) is 0 Å². The van der Waals surface area contributed by atoms with Crippen LogP contribution in [0.15, 0.2) is 30.9 Å². The van der Waals surface area contributed by atoms with Gasteiger partial charge in [0.25, 0.3) is 0 Å². The van der Waals surface area contributed by atoms with Gasteiger partial charge in [-0.3, -0.25) is 0 Å². The van der Waals surface area contributed by atoms with E-state index in [1.807, 2.05) is 0 Å². The Bertz CT molecular complexity index is 443. The van der Waals surface area contributed by atoms with Crippen molar-refractivity contribution >= 4 is 28.9 Å². The summed E-state index contributed by atoms with van der Waals surface area (Å²) in [5.74, 6) is -1.46. The van der Waals surface area contributed by atoms with Crippen LogP contribution in [0.25, 0.3) is 0 Å². The smallest absolute Gasteiger partial charge is 0.339 e. The maximum absolute atomic E-state index is 10.6. The van der Waals surface area contributed by atoms with Crippen LogP contribution >= 0.6 is 12.2 Å². The van der Waals surface area contributed by atoms with Crippen molar-refractivity contribution in [2.45, 2.75) is 6.42 Å². The van der Waals surface area contributed by atoms with Gasteiger partial charge in [0.05, 0.1) is 4.99 Å². The van der Waals surface area contributed by atoms with E-state index >= 15 is 0 Å². The van der Waals surface area contributed by atoms with E-state index in [0.717, 1.165) is 0 Å². The topological polar surface area (TPSA) is 69.6 Å². The lowest BCUT2D eigenvalue weighted by atomic mass is 10.2. The molecule has 0 aliphatic carbocycles. The minimum atomic E-state index is -1.17. The summed E-state index contributed by atoms with van der Waals surface area (Å²) in [4.78, 5) is 11.2. The zero-order valence-electron chi connectivity index (χ0n) is 8.43. The van der Waals surface area contributed by atoms with Crippen LogP contribution in [-0.4, -0.2) is 21.2 Å². The molecule has 0 spiro atoms. The number of carboxylic acid groups (broad SMARTS) is 1. The van der Waals surface area contributed by atoms with E-state index in [1.54, 1.807) is 12.1 Å². The summed E-state index contributed by atoms with van der Waals surface area (Å²) in [6.07, 6.45) is 2.18. The van der Waals surface area contributed by atoms with Gasteiger partial charge in [0.15, 0.2) is 0 Å². The molecule has 0 radical (unpaired) electrons. The molecule has 0 heterocycles. The third-order valence-electron chi connectivity index (χ3n) is 1.84. The maximum Gasteiger partial charge on any atom is 0.339 e. The molecule has 1 aromatic rings. The molecular weight excluding hydrogens is 226 g/mol. The van der Waals surface area contributed by atoms with Gasteiger partial charge < -0.3 is 15.5 Å². The molecule has 0 bridgehead atoms. The highest BCUT2D eigenvalue weighted by molar-refractivity contribution is 7.80. The summed E-state index contributed by atoms with van der Waals surface area (Å²) in [5.41, 5.74) is 0.412. The highest BCUT2D eigenvalue weighted by Crippen LogP contribution is 2.22. The van der Waals surface area contributed by atoms with E-state index < -0.39 is 5.97 Å². The highest BCUT2D eigenvalue weighted by Gasteiger charge is 2.09. The Morgan fingerprint density at radius 2 is 2.25 bits per heavy atom. The number of anilines is 1. The van der Waals surface area contributed by atoms with Crippen molar-refractivity contribution < 1.29 is 15.0 Å². The second-order valence-corrected chi connectivity index (χ2v) is 3.57. The van der Waals surface area contributed by atoms with Crippen LogP contribution in [0.5, 0.6) is 5.75 Å². The molecule has 84 valence electrons. The predicted octanol–water partition coefficient (Wildman–Crippen LogP) is 2.41.